The van der Waals surface area contributed by atoms with Crippen LogP contribution in [0.15, 0.2) is 24.4 Å². The van der Waals surface area contributed by atoms with Gasteiger partial charge in [-0.2, -0.15) is 9.78 Å². The third-order valence-electron chi connectivity index (χ3n) is 3.17. The van der Waals surface area contributed by atoms with Gasteiger partial charge in [-0.25, -0.2) is 0 Å². The van der Waals surface area contributed by atoms with E-state index in [0.717, 1.165) is 17.8 Å². The third kappa shape index (κ3) is 2.36. The molecule has 0 radical (unpaired) electrons. The Hall–Kier alpha value is -2.41. The highest BCUT2D eigenvalue weighted by molar-refractivity contribution is 6.31. The Kier molecular flexibility index (Phi) is 3.34. The van der Waals surface area contributed by atoms with Crippen LogP contribution in [0.4, 0.5) is 5.69 Å². The number of rotatable bonds is 3. The van der Waals surface area contributed by atoms with E-state index in [2.05, 4.69) is 20.6 Å². The maximum Gasteiger partial charge on any atom is 0.189 e. The summed E-state index contributed by atoms with van der Waals surface area (Å²) < 4.78 is 3.37. The molecule has 0 atom stereocenters. The Labute approximate surface area is 126 Å². The molecular weight excluding hydrogens is 290 g/mol. The lowest BCUT2D eigenvalue weighted by atomic mass is 10.1. The second-order valence-corrected chi connectivity index (χ2v) is 5.07. The Morgan fingerprint density at radius 3 is 2.90 bits per heavy atom. The monoisotopic (exact) mass is 303 g/mol. The first-order chi connectivity index (χ1) is 10.1. The Balaban J connectivity index is 2.19. The number of nitrogens with zero attached hydrogens (tertiary/aromatic N) is 6. The van der Waals surface area contributed by atoms with Crippen LogP contribution in [0, 0.1) is 0 Å². The Bertz CT molecular complexity index is 790. The minimum absolute atomic E-state index is 0.540. The fourth-order valence-corrected chi connectivity index (χ4v) is 2.36. The van der Waals surface area contributed by atoms with Crippen molar-refractivity contribution in [2.75, 3.05) is 5.73 Å². The molecule has 1 aromatic carbocycles. The predicted molar refractivity (Wildman–Crippen MR) is 80.2 cm³/mol. The first kappa shape index (κ1) is 13.6. The topological polar surface area (TPSA) is 87.4 Å². The minimum atomic E-state index is 0.540. The fraction of sp³-hybridized carbons (Fsp3) is 0.231. The number of tetrazole rings is 1. The lowest BCUT2D eigenvalue weighted by molar-refractivity contribution is 0.746. The lowest BCUT2D eigenvalue weighted by Crippen LogP contribution is -2.03. The highest BCUT2D eigenvalue weighted by Gasteiger charge is 2.17. The van der Waals surface area contributed by atoms with Crippen molar-refractivity contribution in [3.8, 4) is 17.1 Å². The van der Waals surface area contributed by atoms with Crippen LogP contribution in [-0.4, -0.2) is 30.0 Å². The number of hydrogen-bond acceptors (Lipinski definition) is 5. The van der Waals surface area contributed by atoms with Gasteiger partial charge in [0.1, 0.15) is 5.69 Å². The summed E-state index contributed by atoms with van der Waals surface area (Å²) in [7, 11) is 1.86. The number of hydrogen-bond donors (Lipinski definition) is 1. The zero-order valence-electron chi connectivity index (χ0n) is 11.7. The van der Waals surface area contributed by atoms with E-state index in [1.807, 2.05) is 20.2 Å². The van der Waals surface area contributed by atoms with E-state index in [1.54, 1.807) is 27.6 Å². The van der Waals surface area contributed by atoms with Gasteiger partial charge in [0, 0.05) is 23.3 Å². The minimum Gasteiger partial charge on any atom is -0.398 e. The SMILES string of the molecule is CCc1nn(C)cc1-n1nnnc1-c1cc(Cl)ccc1N. The van der Waals surface area contributed by atoms with Crippen LogP contribution in [0.3, 0.4) is 0 Å². The van der Waals surface area contributed by atoms with E-state index < -0.39 is 0 Å². The number of anilines is 1. The first-order valence-corrected chi connectivity index (χ1v) is 6.84. The molecule has 0 amide bonds. The number of nitrogens with two attached hydrogens (primary N) is 1. The van der Waals surface area contributed by atoms with Crippen molar-refractivity contribution in [3.63, 3.8) is 0 Å². The van der Waals surface area contributed by atoms with Crippen molar-refractivity contribution in [1.29, 1.82) is 0 Å². The van der Waals surface area contributed by atoms with Gasteiger partial charge in [-0.05, 0) is 35.0 Å². The third-order valence-corrected chi connectivity index (χ3v) is 3.41. The van der Waals surface area contributed by atoms with Crippen molar-refractivity contribution in [1.82, 2.24) is 30.0 Å². The molecule has 0 bridgehead atoms. The Morgan fingerprint density at radius 2 is 2.14 bits per heavy atom. The highest BCUT2D eigenvalue weighted by atomic mass is 35.5. The molecule has 0 fully saturated rings. The normalized spacial score (nSPS) is 11.0. The van der Waals surface area contributed by atoms with Gasteiger partial charge in [0.25, 0.3) is 0 Å². The van der Waals surface area contributed by atoms with E-state index in [1.165, 1.54) is 0 Å². The standard InChI is InChI=1S/C13H14ClN7/c1-3-11-12(7-20(2)17-11)21-13(16-18-19-21)9-6-8(14)4-5-10(9)15/h4-7H,3,15H2,1-2H3. The molecule has 0 saturated carbocycles. The molecule has 0 aliphatic carbocycles. The van der Waals surface area contributed by atoms with Crippen molar-refractivity contribution >= 4 is 17.3 Å². The van der Waals surface area contributed by atoms with E-state index in [0.29, 0.717) is 22.1 Å². The van der Waals surface area contributed by atoms with Gasteiger partial charge in [-0.3, -0.25) is 4.68 Å². The summed E-state index contributed by atoms with van der Waals surface area (Å²) in [6.07, 6.45) is 2.65. The molecule has 0 aliphatic heterocycles. The van der Waals surface area contributed by atoms with Crippen molar-refractivity contribution < 1.29 is 0 Å². The summed E-state index contributed by atoms with van der Waals surface area (Å²) >= 11 is 6.04. The van der Waals surface area contributed by atoms with E-state index >= 15 is 0 Å². The molecule has 108 valence electrons. The van der Waals surface area contributed by atoms with E-state index in [-0.39, 0.29) is 0 Å². The summed E-state index contributed by atoms with van der Waals surface area (Å²) in [5.74, 6) is 0.540. The van der Waals surface area contributed by atoms with E-state index in [9.17, 15) is 0 Å². The fourth-order valence-electron chi connectivity index (χ4n) is 2.19. The second kappa shape index (κ2) is 5.17. The van der Waals surface area contributed by atoms with Crippen LogP contribution in [0.1, 0.15) is 12.6 Å². The van der Waals surface area contributed by atoms with Gasteiger partial charge in [0.05, 0.1) is 11.9 Å². The summed E-state index contributed by atoms with van der Waals surface area (Å²) in [5, 5.41) is 16.9. The van der Waals surface area contributed by atoms with Gasteiger partial charge in [-0.15, -0.1) is 5.10 Å². The maximum absolute atomic E-state index is 6.04. The molecule has 21 heavy (non-hydrogen) atoms. The van der Waals surface area contributed by atoms with Gasteiger partial charge in [0.15, 0.2) is 5.82 Å². The quantitative estimate of drug-likeness (QED) is 0.746. The molecule has 3 rings (SSSR count). The van der Waals surface area contributed by atoms with Gasteiger partial charge in [-0.1, -0.05) is 18.5 Å². The molecule has 2 N–H and O–H groups in total. The van der Waals surface area contributed by atoms with Crippen LogP contribution in [0.5, 0.6) is 0 Å². The van der Waals surface area contributed by atoms with Gasteiger partial charge < -0.3 is 5.73 Å². The highest BCUT2D eigenvalue weighted by Crippen LogP contribution is 2.28. The smallest absolute Gasteiger partial charge is 0.189 e. The summed E-state index contributed by atoms with van der Waals surface area (Å²) in [6.45, 7) is 2.03. The molecule has 0 saturated heterocycles. The summed E-state index contributed by atoms with van der Waals surface area (Å²) in [5.41, 5.74) is 9.02. The molecule has 7 nitrogen and oxygen atoms in total. The molecule has 2 heterocycles. The predicted octanol–water partition coefficient (Wildman–Crippen LogP) is 1.86. The first-order valence-electron chi connectivity index (χ1n) is 6.46. The Morgan fingerprint density at radius 1 is 1.33 bits per heavy atom. The van der Waals surface area contributed by atoms with Crippen LogP contribution < -0.4 is 5.73 Å². The zero-order valence-corrected chi connectivity index (χ0v) is 12.4. The largest absolute Gasteiger partial charge is 0.398 e. The average molecular weight is 304 g/mol. The number of benzene rings is 1. The van der Waals surface area contributed by atoms with Crippen molar-refractivity contribution in [2.45, 2.75) is 13.3 Å². The van der Waals surface area contributed by atoms with Crippen molar-refractivity contribution in [3.05, 3.63) is 35.1 Å². The maximum atomic E-state index is 6.04. The van der Waals surface area contributed by atoms with Gasteiger partial charge in [0.2, 0.25) is 0 Å². The molecule has 0 unspecified atom stereocenters. The number of aryl methyl sites for hydroxylation is 2. The molecule has 2 aromatic heterocycles. The zero-order chi connectivity index (χ0) is 15.0. The van der Waals surface area contributed by atoms with E-state index in [4.69, 9.17) is 17.3 Å². The average Bonchev–Trinajstić information content (AvgIpc) is 3.07. The molecular formula is C13H14ClN7. The second-order valence-electron chi connectivity index (χ2n) is 4.63. The van der Waals surface area contributed by atoms with Gasteiger partial charge >= 0.3 is 0 Å². The number of aromatic nitrogens is 6. The molecule has 0 aliphatic rings. The molecule has 8 heteroatoms. The summed E-state index contributed by atoms with van der Waals surface area (Å²) in [6, 6.07) is 5.22. The van der Waals surface area contributed by atoms with Crippen LogP contribution in [0.2, 0.25) is 5.02 Å². The van der Waals surface area contributed by atoms with Crippen LogP contribution in [0.25, 0.3) is 17.1 Å². The van der Waals surface area contributed by atoms with Crippen LogP contribution in [-0.2, 0) is 13.5 Å². The number of nitrogen functional groups attached to an aromatic ring is 1. The summed E-state index contributed by atoms with van der Waals surface area (Å²) in [4.78, 5) is 0. The lowest BCUT2D eigenvalue weighted by Gasteiger charge is -2.06. The molecule has 0 spiro atoms. The number of halogens is 1. The van der Waals surface area contributed by atoms with Crippen molar-refractivity contribution in [2.24, 2.45) is 7.05 Å². The van der Waals surface area contributed by atoms with Crippen LogP contribution >= 0.6 is 11.6 Å². The molecule has 3 aromatic rings.